The van der Waals surface area contributed by atoms with Crippen molar-refractivity contribution in [2.75, 3.05) is 33.7 Å². The van der Waals surface area contributed by atoms with Gasteiger partial charge in [0.2, 0.25) is 0 Å². The number of benzene rings is 1. The molecule has 0 spiro atoms. The molecule has 32 heavy (non-hydrogen) atoms. The minimum atomic E-state index is -0.643. The molecule has 0 radical (unpaired) electrons. The van der Waals surface area contributed by atoms with Crippen molar-refractivity contribution in [3.8, 4) is 11.3 Å². The van der Waals surface area contributed by atoms with Gasteiger partial charge in [-0.3, -0.25) is 0 Å². The van der Waals surface area contributed by atoms with Crippen LogP contribution in [0.3, 0.4) is 0 Å². The van der Waals surface area contributed by atoms with Crippen LogP contribution in [0.1, 0.15) is 43.9 Å². The first kappa shape index (κ1) is 21.2. The first-order valence-corrected chi connectivity index (χ1v) is 11.2. The second-order valence-electron chi connectivity index (χ2n) is 9.94. The van der Waals surface area contributed by atoms with E-state index in [0.717, 1.165) is 37.2 Å². The molecule has 2 aliphatic carbocycles. The third-order valence-corrected chi connectivity index (χ3v) is 8.32. The smallest absolute Gasteiger partial charge is 0.317 e. The van der Waals surface area contributed by atoms with Crippen LogP contribution in [-0.2, 0) is 5.41 Å². The number of hydrogen-bond acceptors (Lipinski definition) is 4. The quantitative estimate of drug-likeness (QED) is 0.775. The number of halogens is 2. The minimum absolute atomic E-state index is 0.0622. The minimum Gasteiger partial charge on any atom is -0.341 e. The maximum absolute atomic E-state index is 14.5. The number of hydrogen-bond donors (Lipinski definition) is 1. The molecular weight excluding hydrogens is 412 g/mol. The first-order valence-electron chi connectivity index (χ1n) is 11.2. The molecule has 5 rings (SSSR count). The largest absolute Gasteiger partial charge is 0.341 e. The highest BCUT2D eigenvalue weighted by atomic mass is 19.1. The van der Waals surface area contributed by atoms with E-state index in [2.05, 4.69) is 41.3 Å². The zero-order valence-corrected chi connectivity index (χ0v) is 19.0. The van der Waals surface area contributed by atoms with Gasteiger partial charge in [0.05, 0.1) is 23.0 Å². The third kappa shape index (κ3) is 2.68. The van der Waals surface area contributed by atoms with Crippen LogP contribution in [-0.4, -0.2) is 65.8 Å². The van der Waals surface area contributed by atoms with E-state index in [1.165, 1.54) is 18.2 Å². The number of carbonyl (C=O) groups excluding carboxylic acids is 1. The highest BCUT2D eigenvalue weighted by Gasteiger charge is 2.68. The van der Waals surface area contributed by atoms with Crippen molar-refractivity contribution >= 4 is 6.03 Å². The highest BCUT2D eigenvalue weighted by Crippen LogP contribution is 2.69. The molecule has 3 atom stereocenters. The molecule has 1 saturated carbocycles. The number of likely N-dealkylation sites (N-methyl/N-ethyl adjacent to an activating group) is 1. The van der Waals surface area contributed by atoms with E-state index >= 15 is 0 Å². The standard InChI is InChI=1S/C24H29F2N5O/c1-23(2)15-8-9-24(23,19-13-30(4)10-11-31(19)22(32)27-3)21-14(15)12-18(28-29-21)20-16(25)6-5-7-17(20)26/h5-7,12,15,19H,8-11,13H2,1-4H3,(H,27,32)/t15-,19-,24-/m0/s1. The zero-order chi connectivity index (χ0) is 22.8. The van der Waals surface area contributed by atoms with E-state index in [0.29, 0.717) is 6.54 Å². The molecule has 2 bridgehead atoms. The molecule has 6 nitrogen and oxygen atoms in total. The average molecular weight is 442 g/mol. The molecule has 1 aliphatic heterocycles. The third-order valence-electron chi connectivity index (χ3n) is 8.32. The SMILES string of the molecule is CNC(=O)N1CCN(C)C[C@H]1[C@@]12CC[C@@H](c3cc(-c4c(F)cccc4F)nnc31)C2(C)C. The fourth-order valence-electron chi connectivity index (χ4n) is 6.70. The molecule has 0 unspecified atom stereocenters. The summed E-state index contributed by atoms with van der Waals surface area (Å²) in [5.74, 6) is -1.09. The summed E-state index contributed by atoms with van der Waals surface area (Å²) in [5, 5.41) is 11.7. The van der Waals surface area contributed by atoms with Crippen LogP contribution in [0, 0.1) is 17.0 Å². The van der Waals surface area contributed by atoms with Crippen molar-refractivity contribution in [3.05, 3.63) is 47.2 Å². The van der Waals surface area contributed by atoms with E-state index in [-0.39, 0.29) is 40.1 Å². The maximum atomic E-state index is 14.5. The predicted molar refractivity (Wildman–Crippen MR) is 117 cm³/mol. The molecule has 1 aromatic carbocycles. The van der Waals surface area contributed by atoms with Crippen LogP contribution in [0.4, 0.5) is 13.6 Å². The average Bonchev–Trinajstić information content (AvgIpc) is 3.14. The van der Waals surface area contributed by atoms with Crippen molar-refractivity contribution < 1.29 is 13.6 Å². The molecule has 2 aromatic rings. The monoisotopic (exact) mass is 441 g/mol. The maximum Gasteiger partial charge on any atom is 0.317 e. The van der Waals surface area contributed by atoms with E-state index in [1.807, 2.05) is 11.0 Å². The Hall–Kier alpha value is -2.61. The summed E-state index contributed by atoms with van der Waals surface area (Å²) < 4.78 is 28.9. The van der Waals surface area contributed by atoms with E-state index < -0.39 is 11.6 Å². The molecule has 1 aromatic heterocycles. The van der Waals surface area contributed by atoms with E-state index in [1.54, 1.807) is 7.05 Å². The fourth-order valence-corrected chi connectivity index (χ4v) is 6.70. The van der Waals surface area contributed by atoms with Crippen molar-refractivity contribution in [2.24, 2.45) is 5.41 Å². The molecule has 1 N–H and O–H groups in total. The number of aromatic nitrogens is 2. The summed E-state index contributed by atoms with van der Waals surface area (Å²) in [6.07, 6.45) is 1.86. The lowest BCUT2D eigenvalue weighted by Gasteiger charge is -2.52. The summed E-state index contributed by atoms with van der Waals surface area (Å²) in [4.78, 5) is 17.0. The van der Waals surface area contributed by atoms with Gasteiger partial charge in [-0.25, -0.2) is 13.6 Å². The number of nitrogens with one attached hydrogen (secondary N) is 1. The van der Waals surface area contributed by atoms with Gasteiger partial charge in [-0.15, -0.1) is 0 Å². The van der Waals surface area contributed by atoms with E-state index in [4.69, 9.17) is 0 Å². The molecule has 1 saturated heterocycles. The highest BCUT2D eigenvalue weighted by molar-refractivity contribution is 5.75. The van der Waals surface area contributed by atoms with Crippen LogP contribution in [0.25, 0.3) is 11.3 Å². The van der Waals surface area contributed by atoms with Gasteiger partial charge in [-0.05, 0) is 55.0 Å². The Labute approximate surface area is 187 Å². The number of urea groups is 1. The van der Waals surface area contributed by atoms with Crippen molar-refractivity contribution in [1.29, 1.82) is 0 Å². The van der Waals surface area contributed by atoms with Gasteiger partial charge >= 0.3 is 6.03 Å². The Bertz CT molecular complexity index is 1070. The van der Waals surface area contributed by atoms with Gasteiger partial charge in [-0.1, -0.05) is 19.9 Å². The number of piperazine rings is 1. The molecule has 8 heteroatoms. The Balaban J connectivity index is 1.66. The normalized spacial score (nSPS) is 28.6. The lowest BCUT2D eigenvalue weighted by Crippen LogP contribution is -2.65. The number of fused-ring (bicyclic) bond motifs is 5. The second kappa shape index (κ2) is 7.20. The number of rotatable bonds is 2. The molecule has 2 fully saturated rings. The van der Waals surface area contributed by atoms with Crippen LogP contribution in [0.2, 0.25) is 0 Å². The van der Waals surface area contributed by atoms with Gasteiger partial charge in [0, 0.05) is 32.1 Å². The lowest BCUT2D eigenvalue weighted by atomic mass is 9.63. The summed E-state index contributed by atoms with van der Waals surface area (Å²) >= 11 is 0. The van der Waals surface area contributed by atoms with Crippen molar-refractivity contribution in [1.82, 2.24) is 25.3 Å². The summed E-state index contributed by atoms with van der Waals surface area (Å²) in [6.45, 7) is 6.69. The lowest BCUT2D eigenvalue weighted by molar-refractivity contribution is 0.0235. The Morgan fingerprint density at radius 2 is 1.91 bits per heavy atom. The molecular formula is C24H29F2N5O. The van der Waals surface area contributed by atoms with Crippen molar-refractivity contribution in [3.63, 3.8) is 0 Å². The van der Waals surface area contributed by atoms with Crippen molar-refractivity contribution in [2.45, 2.75) is 44.1 Å². The molecule has 2 amide bonds. The summed E-state index contributed by atoms with van der Waals surface area (Å²) in [7, 11) is 3.74. The van der Waals surface area contributed by atoms with Gasteiger partial charge in [0.25, 0.3) is 0 Å². The topological polar surface area (TPSA) is 61.4 Å². The number of amides is 2. The van der Waals surface area contributed by atoms with Crippen LogP contribution in [0.5, 0.6) is 0 Å². The molecule has 2 heterocycles. The predicted octanol–water partition coefficient (Wildman–Crippen LogP) is 3.53. The van der Waals surface area contributed by atoms with Crippen LogP contribution >= 0.6 is 0 Å². The number of nitrogens with zero attached hydrogens (tertiary/aromatic N) is 4. The summed E-state index contributed by atoms with van der Waals surface area (Å²) in [5.41, 5.74) is 1.44. The van der Waals surface area contributed by atoms with E-state index in [9.17, 15) is 13.6 Å². The van der Waals surface area contributed by atoms with Gasteiger partial charge < -0.3 is 15.1 Å². The number of carbonyl (C=O) groups is 1. The molecule has 170 valence electrons. The molecule has 3 aliphatic rings. The second-order valence-corrected chi connectivity index (χ2v) is 9.94. The first-order chi connectivity index (χ1) is 15.2. The van der Waals surface area contributed by atoms with Gasteiger partial charge in [0.1, 0.15) is 11.6 Å². The Kier molecular flexibility index (Phi) is 4.78. The fraction of sp³-hybridized carbons (Fsp3) is 0.542. The Morgan fingerprint density at radius 1 is 1.19 bits per heavy atom. The van der Waals surface area contributed by atoms with Gasteiger partial charge in [0.15, 0.2) is 0 Å². The Morgan fingerprint density at radius 3 is 2.59 bits per heavy atom. The summed E-state index contributed by atoms with van der Waals surface area (Å²) in [6, 6.07) is 5.51. The van der Waals surface area contributed by atoms with Crippen LogP contribution in [0.15, 0.2) is 24.3 Å². The van der Waals surface area contributed by atoms with Crippen LogP contribution < -0.4 is 5.32 Å². The van der Waals surface area contributed by atoms with Gasteiger partial charge in [-0.2, -0.15) is 10.2 Å². The zero-order valence-electron chi connectivity index (χ0n) is 19.0.